The molecule has 0 unspecified atom stereocenters. The highest BCUT2D eigenvalue weighted by atomic mass is 79.9. The number of rotatable bonds is 2. The Bertz CT molecular complexity index is 1280. The lowest BCUT2D eigenvalue weighted by Gasteiger charge is -2.05. The molecule has 0 N–H and O–H groups in total. The quantitative estimate of drug-likeness (QED) is 0.295. The molecule has 0 amide bonds. The molecule has 2 aromatic heterocycles. The maximum Gasteiger partial charge on any atom is 0.262 e. The second-order valence-corrected chi connectivity index (χ2v) is 8.15. The van der Waals surface area contributed by atoms with Crippen LogP contribution in [0.15, 0.2) is 88.7 Å². The Kier molecular flexibility index (Phi) is 3.96. The monoisotopic (exact) mass is 431 g/mol. The molecule has 2 nitrogen and oxygen atoms in total. The number of hydrogen-bond donors (Lipinski definition) is 0. The standard InChI is InChI=1S/C23H14BrNOS/c24-17-12-10-15(11-13-17)22-21-18-8-4-5-9-19(18)25(20(21)14-27-22)23(26)16-6-2-1-3-7-16/h1-14H. The van der Waals surface area contributed by atoms with Crippen molar-refractivity contribution in [2.75, 3.05) is 0 Å². The molecular weight excluding hydrogens is 418 g/mol. The van der Waals surface area contributed by atoms with Gasteiger partial charge in [0.05, 0.1) is 11.0 Å². The molecule has 0 aliphatic heterocycles. The van der Waals surface area contributed by atoms with Gasteiger partial charge in [-0.3, -0.25) is 9.36 Å². The van der Waals surface area contributed by atoms with Crippen LogP contribution in [0.2, 0.25) is 0 Å². The van der Waals surface area contributed by atoms with Gasteiger partial charge in [0, 0.05) is 31.1 Å². The summed E-state index contributed by atoms with van der Waals surface area (Å²) in [5, 5.41) is 4.34. The van der Waals surface area contributed by atoms with Gasteiger partial charge in [0.25, 0.3) is 5.91 Å². The number of halogens is 1. The van der Waals surface area contributed by atoms with E-state index < -0.39 is 0 Å². The normalized spacial score (nSPS) is 11.3. The minimum Gasteiger partial charge on any atom is -0.275 e. The molecule has 0 aliphatic rings. The van der Waals surface area contributed by atoms with Crippen molar-refractivity contribution in [1.82, 2.24) is 4.57 Å². The van der Waals surface area contributed by atoms with E-state index in [1.807, 2.05) is 53.1 Å². The fraction of sp³-hybridized carbons (Fsp3) is 0. The predicted octanol–water partition coefficient (Wildman–Crippen LogP) is 6.97. The molecule has 0 fully saturated rings. The SMILES string of the molecule is O=C(c1ccccc1)n1c2ccccc2c2c(-c3ccc(Br)cc3)scc21. The van der Waals surface area contributed by atoms with E-state index in [0.29, 0.717) is 5.56 Å². The summed E-state index contributed by atoms with van der Waals surface area (Å²) in [6, 6.07) is 25.9. The summed E-state index contributed by atoms with van der Waals surface area (Å²) in [6.45, 7) is 0. The predicted molar refractivity (Wildman–Crippen MR) is 117 cm³/mol. The first-order valence-corrected chi connectivity index (χ1v) is 10.3. The van der Waals surface area contributed by atoms with Crippen LogP contribution in [-0.4, -0.2) is 10.5 Å². The molecule has 2 heterocycles. The third kappa shape index (κ3) is 2.64. The van der Waals surface area contributed by atoms with Crippen LogP contribution in [0.25, 0.3) is 32.2 Å². The average molecular weight is 432 g/mol. The summed E-state index contributed by atoms with van der Waals surface area (Å²) in [7, 11) is 0. The van der Waals surface area contributed by atoms with Gasteiger partial charge in [-0.1, -0.05) is 64.5 Å². The van der Waals surface area contributed by atoms with Crippen molar-refractivity contribution in [2.45, 2.75) is 0 Å². The van der Waals surface area contributed by atoms with Gasteiger partial charge in [0.15, 0.2) is 0 Å². The van der Waals surface area contributed by atoms with Crippen LogP contribution in [0.5, 0.6) is 0 Å². The largest absolute Gasteiger partial charge is 0.275 e. The third-order valence-electron chi connectivity index (χ3n) is 4.76. The Morgan fingerprint density at radius 3 is 2.30 bits per heavy atom. The topological polar surface area (TPSA) is 22.0 Å². The van der Waals surface area contributed by atoms with Crippen LogP contribution in [0, 0.1) is 0 Å². The van der Waals surface area contributed by atoms with Gasteiger partial charge in [-0.2, -0.15) is 0 Å². The van der Waals surface area contributed by atoms with Crippen LogP contribution in [0.4, 0.5) is 0 Å². The number of carbonyl (C=O) groups is 1. The van der Waals surface area contributed by atoms with Crippen molar-refractivity contribution >= 4 is 55.0 Å². The number of benzene rings is 3. The van der Waals surface area contributed by atoms with E-state index >= 15 is 0 Å². The zero-order chi connectivity index (χ0) is 18.4. The zero-order valence-corrected chi connectivity index (χ0v) is 16.6. The van der Waals surface area contributed by atoms with Crippen molar-refractivity contribution in [3.8, 4) is 10.4 Å². The van der Waals surface area contributed by atoms with Gasteiger partial charge >= 0.3 is 0 Å². The summed E-state index contributed by atoms with van der Waals surface area (Å²) in [4.78, 5) is 14.5. The van der Waals surface area contributed by atoms with Crippen molar-refractivity contribution in [1.29, 1.82) is 0 Å². The van der Waals surface area contributed by atoms with Gasteiger partial charge in [-0.25, -0.2) is 0 Å². The highest BCUT2D eigenvalue weighted by Gasteiger charge is 2.21. The highest BCUT2D eigenvalue weighted by Crippen LogP contribution is 2.41. The van der Waals surface area contributed by atoms with E-state index in [4.69, 9.17) is 0 Å². The maximum atomic E-state index is 13.3. The van der Waals surface area contributed by atoms with E-state index in [9.17, 15) is 4.79 Å². The van der Waals surface area contributed by atoms with E-state index in [1.165, 1.54) is 4.88 Å². The lowest BCUT2D eigenvalue weighted by Crippen LogP contribution is -2.11. The van der Waals surface area contributed by atoms with E-state index in [-0.39, 0.29) is 5.91 Å². The van der Waals surface area contributed by atoms with Crippen LogP contribution in [0.1, 0.15) is 10.4 Å². The molecule has 0 spiro atoms. The van der Waals surface area contributed by atoms with Gasteiger partial charge in [0.2, 0.25) is 0 Å². The van der Waals surface area contributed by atoms with Crippen LogP contribution < -0.4 is 0 Å². The van der Waals surface area contributed by atoms with E-state index in [0.717, 1.165) is 31.8 Å². The Labute approximate surface area is 168 Å². The number of thiophene rings is 1. The first-order chi connectivity index (χ1) is 13.2. The molecule has 3 aromatic carbocycles. The van der Waals surface area contributed by atoms with Gasteiger partial charge in [-0.15, -0.1) is 11.3 Å². The van der Waals surface area contributed by atoms with Crippen molar-refractivity contribution in [3.05, 3.63) is 94.3 Å². The minimum absolute atomic E-state index is 0.00181. The number of hydrogen-bond acceptors (Lipinski definition) is 2. The third-order valence-corrected chi connectivity index (χ3v) is 6.30. The molecule has 0 aliphatic carbocycles. The molecule has 0 bridgehead atoms. The molecular formula is C23H14BrNOS. The summed E-state index contributed by atoms with van der Waals surface area (Å²) < 4.78 is 2.90. The fourth-order valence-corrected chi connectivity index (χ4v) is 4.85. The molecule has 0 radical (unpaired) electrons. The first-order valence-electron chi connectivity index (χ1n) is 8.60. The first kappa shape index (κ1) is 16.5. The second-order valence-electron chi connectivity index (χ2n) is 6.36. The molecule has 0 saturated heterocycles. The molecule has 27 heavy (non-hydrogen) atoms. The number of carbonyl (C=O) groups excluding carboxylic acids is 1. The smallest absolute Gasteiger partial charge is 0.262 e. The van der Waals surface area contributed by atoms with Gasteiger partial charge in [-0.05, 0) is 35.9 Å². The Hall–Kier alpha value is -2.69. The Balaban J connectivity index is 1.82. The van der Waals surface area contributed by atoms with Gasteiger partial charge < -0.3 is 0 Å². The fourth-order valence-electron chi connectivity index (χ4n) is 3.53. The number of aromatic nitrogens is 1. The maximum absolute atomic E-state index is 13.3. The Morgan fingerprint density at radius 1 is 0.815 bits per heavy atom. The average Bonchev–Trinajstić information content (AvgIpc) is 3.27. The number of nitrogens with zero attached hydrogens (tertiary/aromatic N) is 1. The molecule has 4 heteroatoms. The number of fused-ring (bicyclic) bond motifs is 3. The highest BCUT2D eigenvalue weighted by molar-refractivity contribution is 9.10. The molecule has 0 saturated carbocycles. The zero-order valence-electron chi connectivity index (χ0n) is 14.2. The van der Waals surface area contributed by atoms with Crippen LogP contribution >= 0.6 is 27.3 Å². The van der Waals surface area contributed by atoms with E-state index in [2.05, 4.69) is 51.6 Å². The summed E-state index contributed by atoms with van der Waals surface area (Å²) >= 11 is 5.18. The summed E-state index contributed by atoms with van der Waals surface area (Å²) in [5.41, 5.74) is 3.76. The molecule has 5 aromatic rings. The number of para-hydroxylation sites is 1. The molecule has 0 atom stereocenters. The van der Waals surface area contributed by atoms with Crippen LogP contribution in [0.3, 0.4) is 0 Å². The van der Waals surface area contributed by atoms with Crippen molar-refractivity contribution in [2.24, 2.45) is 0 Å². The summed E-state index contributed by atoms with van der Waals surface area (Å²) in [6.07, 6.45) is 0. The van der Waals surface area contributed by atoms with Crippen LogP contribution in [-0.2, 0) is 0 Å². The van der Waals surface area contributed by atoms with E-state index in [1.54, 1.807) is 11.3 Å². The van der Waals surface area contributed by atoms with Crippen molar-refractivity contribution < 1.29 is 4.79 Å². The second kappa shape index (κ2) is 6.48. The summed E-state index contributed by atoms with van der Waals surface area (Å²) in [5.74, 6) is 0.00181. The molecule has 5 rings (SSSR count). The van der Waals surface area contributed by atoms with Crippen molar-refractivity contribution in [3.63, 3.8) is 0 Å². The Morgan fingerprint density at radius 2 is 1.52 bits per heavy atom. The molecule has 130 valence electrons. The minimum atomic E-state index is 0.00181. The van der Waals surface area contributed by atoms with Gasteiger partial charge in [0.1, 0.15) is 0 Å². The lowest BCUT2D eigenvalue weighted by molar-refractivity contribution is 0.0969. The lowest BCUT2D eigenvalue weighted by atomic mass is 10.1.